The van der Waals surface area contributed by atoms with Crippen LogP contribution < -0.4 is 0 Å². The van der Waals surface area contributed by atoms with Gasteiger partial charge in [0, 0.05) is 38.9 Å². The van der Waals surface area contributed by atoms with Crippen molar-refractivity contribution < 1.29 is 23.4 Å². The quantitative estimate of drug-likeness (QED) is 0.863. The first kappa shape index (κ1) is 19.2. The summed E-state index contributed by atoms with van der Waals surface area (Å²) in [5.41, 5.74) is -0.927. The van der Waals surface area contributed by atoms with Crippen molar-refractivity contribution in [3.05, 3.63) is 35.4 Å². The molecule has 2 heterocycles. The van der Waals surface area contributed by atoms with Crippen LogP contribution in [0.1, 0.15) is 31.2 Å². The number of ether oxygens (including phenoxy) is 1. The highest BCUT2D eigenvalue weighted by Crippen LogP contribution is 2.27. The lowest BCUT2D eigenvalue weighted by molar-refractivity contribution is -0.161. The first-order valence-corrected chi connectivity index (χ1v) is 9.13. The lowest BCUT2D eigenvalue weighted by Gasteiger charge is -2.42. The minimum Gasteiger partial charge on any atom is -0.381 e. The summed E-state index contributed by atoms with van der Waals surface area (Å²) in [7, 11) is 1.93. The van der Waals surface area contributed by atoms with E-state index >= 15 is 0 Å². The van der Waals surface area contributed by atoms with E-state index in [-0.39, 0.29) is 19.0 Å². The SMILES string of the molecule is CN(C[C@]1(O)CCCN(Cc2ccc(F)c(F)c2)C1=O)C1CCOCC1. The summed E-state index contributed by atoms with van der Waals surface area (Å²) >= 11 is 0. The molecule has 0 saturated carbocycles. The van der Waals surface area contributed by atoms with Gasteiger partial charge in [0.25, 0.3) is 5.91 Å². The Labute approximate surface area is 152 Å². The molecule has 0 bridgehead atoms. The highest BCUT2D eigenvalue weighted by molar-refractivity contribution is 5.86. The van der Waals surface area contributed by atoms with Gasteiger partial charge >= 0.3 is 0 Å². The summed E-state index contributed by atoms with van der Waals surface area (Å²) in [5, 5.41) is 11.0. The summed E-state index contributed by atoms with van der Waals surface area (Å²) in [6.45, 7) is 2.33. The van der Waals surface area contributed by atoms with E-state index in [0.717, 1.165) is 25.0 Å². The van der Waals surface area contributed by atoms with Gasteiger partial charge in [-0.25, -0.2) is 8.78 Å². The molecule has 5 nitrogen and oxygen atoms in total. The van der Waals surface area contributed by atoms with Crippen LogP contribution in [0.5, 0.6) is 0 Å². The van der Waals surface area contributed by atoms with Crippen LogP contribution in [0.2, 0.25) is 0 Å². The molecule has 2 saturated heterocycles. The molecule has 7 heteroatoms. The Hall–Kier alpha value is -1.57. The van der Waals surface area contributed by atoms with Crippen molar-refractivity contribution in [1.29, 1.82) is 0 Å². The molecule has 0 aliphatic carbocycles. The van der Waals surface area contributed by atoms with Gasteiger partial charge in [-0.2, -0.15) is 0 Å². The Kier molecular flexibility index (Phi) is 5.89. The number of likely N-dealkylation sites (tertiary alicyclic amines) is 1. The molecule has 1 aromatic rings. The average Bonchev–Trinajstić information content (AvgIpc) is 2.63. The second kappa shape index (κ2) is 7.98. The Balaban J connectivity index is 1.66. The van der Waals surface area contributed by atoms with Gasteiger partial charge < -0.3 is 14.7 Å². The van der Waals surface area contributed by atoms with E-state index in [1.54, 1.807) is 0 Å². The molecule has 3 rings (SSSR count). The Morgan fingerprint density at radius 2 is 2.04 bits per heavy atom. The van der Waals surface area contributed by atoms with Crippen molar-refractivity contribution >= 4 is 5.91 Å². The molecular weight excluding hydrogens is 342 g/mol. The van der Waals surface area contributed by atoms with Crippen molar-refractivity contribution in [2.24, 2.45) is 0 Å². The second-order valence-electron chi connectivity index (χ2n) is 7.37. The molecule has 1 aromatic carbocycles. The summed E-state index contributed by atoms with van der Waals surface area (Å²) in [4.78, 5) is 16.5. The van der Waals surface area contributed by atoms with Gasteiger partial charge in [0.2, 0.25) is 0 Å². The van der Waals surface area contributed by atoms with E-state index in [9.17, 15) is 18.7 Å². The summed E-state index contributed by atoms with van der Waals surface area (Å²) in [6.07, 6.45) is 2.86. The van der Waals surface area contributed by atoms with Gasteiger partial charge in [0.1, 0.15) is 0 Å². The maximum Gasteiger partial charge on any atom is 0.256 e. The monoisotopic (exact) mass is 368 g/mol. The zero-order valence-electron chi connectivity index (χ0n) is 15.1. The van der Waals surface area contributed by atoms with E-state index in [2.05, 4.69) is 0 Å². The van der Waals surface area contributed by atoms with Crippen LogP contribution in [0.4, 0.5) is 8.78 Å². The van der Waals surface area contributed by atoms with Gasteiger partial charge in [-0.15, -0.1) is 0 Å². The Bertz CT molecular complexity index is 652. The lowest BCUT2D eigenvalue weighted by Crippen LogP contribution is -2.59. The van der Waals surface area contributed by atoms with E-state index < -0.39 is 17.2 Å². The van der Waals surface area contributed by atoms with Crippen molar-refractivity contribution in [2.75, 3.05) is 33.4 Å². The number of benzene rings is 1. The molecule has 144 valence electrons. The molecule has 0 aromatic heterocycles. The number of amides is 1. The Morgan fingerprint density at radius 3 is 2.73 bits per heavy atom. The zero-order valence-corrected chi connectivity index (χ0v) is 15.1. The number of carbonyl (C=O) groups is 1. The zero-order chi connectivity index (χ0) is 18.7. The van der Waals surface area contributed by atoms with Gasteiger partial charge in [0.05, 0.1) is 0 Å². The topological polar surface area (TPSA) is 53.0 Å². The van der Waals surface area contributed by atoms with Crippen LogP contribution in [0.3, 0.4) is 0 Å². The maximum absolute atomic E-state index is 13.4. The number of nitrogens with zero attached hydrogens (tertiary/aromatic N) is 2. The predicted octanol–water partition coefficient (Wildman–Crippen LogP) is 1.93. The number of rotatable bonds is 5. The fourth-order valence-electron chi connectivity index (χ4n) is 3.89. The fourth-order valence-corrected chi connectivity index (χ4v) is 3.89. The maximum atomic E-state index is 13.4. The standard InChI is InChI=1S/C19H26F2N2O3/c1-22(15-5-9-26-10-6-15)13-19(25)7-2-8-23(18(19)24)12-14-3-4-16(20)17(21)11-14/h3-4,11,15,25H,2,5-10,12-13H2,1H3/t19-/m1/s1. The number of hydrogen-bond acceptors (Lipinski definition) is 4. The number of piperidine rings is 1. The fraction of sp³-hybridized carbons (Fsp3) is 0.632. The number of aliphatic hydroxyl groups is 1. The van der Waals surface area contributed by atoms with Crippen LogP contribution in [-0.4, -0.2) is 65.8 Å². The van der Waals surface area contributed by atoms with Gasteiger partial charge in [-0.3, -0.25) is 9.69 Å². The third kappa shape index (κ3) is 4.22. The lowest BCUT2D eigenvalue weighted by atomic mass is 9.90. The molecule has 0 radical (unpaired) electrons. The molecule has 2 aliphatic rings. The average molecular weight is 368 g/mol. The van der Waals surface area contributed by atoms with Crippen LogP contribution >= 0.6 is 0 Å². The van der Waals surface area contributed by atoms with Crippen LogP contribution in [0.25, 0.3) is 0 Å². The third-order valence-corrected chi connectivity index (χ3v) is 5.39. The molecule has 0 unspecified atom stereocenters. The first-order chi connectivity index (χ1) is 12.4. The second-order valence-corrected chi connectivity index (χ2v) is 7.37. The number of halogens is 2. The molecule has 2 fully saturated rings. The van der Waals surface area contributed by atoms with Crippen LogP contribution in [-0.2, 0) is 16.1 Å². The first-order valence-electron chi connectivity index (χ1n) is 9.13. The van der Waals surface area contributed by atoms with E-state index in [0.29, 0.717) is 44.2 Å². The summed E-state index contributed by atoms with van der Waals surface area (Å²) in [6, 6.07) is 3.92. The number of carbonyl (C=O) groups excluding carboxylic acids is 1. The normalized spacial score (nSPS) is 25.1. The highest BCUT2D eigenvalue weighted by Gasteiger charge is 2.43. The minimum absolute atomic E-state index is 0.166. The molecular formula is C19H26F2N2O3. The number of hydrogen-bond donors (Lipinski definition) is 1. The molecule has 1 N–H and O–H groups in total. The van der Waals surface area contributed by atoms with E-state index in [1.165, 1.54) is 11.0 Å². The van der Waals surface area contributed by atoms with E-state index in [4.69, 9.17) is 4.74 Å². The van der Waals surface area contributed by atoms with E-state index in [1.807, 2.05) is 11.9 Å². The van der Waals surface area contributed by atoms with Crippen LogP contribution in [0, 0.1) is 11.6 Å². The highest BCUT2D eigenvalue weighted by atomic mass is 19.2. The van der Waals surface area contributed by atoms with Crippen molar-refractivity contribution in [3.8, 4) is 0 Å². The molecule has 0 spiro atoms. The minimum atomic E-state index is -1.44. The Morgan fingerprint density at radius 1 is 1.31 bits per heavy atom. The van der Waals surface area contributed by atoms with Crippen LogP contribution in [0.15, 0.2) is 18.2 Å². The van der Waals surface area contributed by atoms with Gasteiger partial charge in [-0.1, -0.05) is 6.07 Å². The van der Waals surface area contributed by atoms with Gasteiger partial charge in [-0.05, 0) is 50.4 Å². The van der Waals surface area contributed by atoms with Crippen molar-refractivity contribution in [2.45, 2.75) is 43.9 Å². The smallest absolute Gasteiger partial charge is 0.256 e. The molecule has 26 heavy (non-hydrogen) atoms. The largest absolute Gasteiger partial charge is 0.381 e. The van der Waals surface area contributed by atoms with Crippen molar-refractivity contribution in [3.63, 3.8) is 0 Å². The molecule has 1 amide bonds. The number of likely N-dealkylation sites (N-methyl/N-ethyl adjacent to an activating group) is 1. The summed E-state index contributed by atoms with van der Waals surface area (Å²) < 4.78 is 31.9. The predicted molar refractivity (Wildman–Crippen MR) is 92.4 cm³/mol. The van der Waals surface area contributed by atoms with Gasteiger partial charge in [0.15, 0.2) is 17.2 Å². The van der Waals surface area contributed by atoms with Crippen molar-refractivity contribution in [1.82, 2.24) is 9.80 Å². The summed E-state index contributed by atoms with van der Waals surface area (Å²) in [5.74, 6) is -2.18. The molecule has 2 aliphatic heterocycles. The molecule has 1 atom stereocenters. The third-order valence-electron chi connectivity index (χ3n) is 5.39.